The van der Waals surface area contributed by atoms with E-state index < -0.39 is 5.97 Å². The van der Waals surface area contributed by atoms with Crippen molar-refractivity contribution in [2.24, 2.45) is 0 Å². The molecule has 17 heteroatoms. The first-order chi connectivity index (χ1) is 37.5. The normalized spacial score (nSPS) is 14.0. The molecule has 1 aliphatic heterocycles. The first-order valence-electron chi connectivity index (χ1n) is 26.5. The van der Waals surface area contributed by atoms with Gasteiger partial charge in [-0.25, -0.2) is 4.79 Å². The summed E-state index contributed by atoms with van der Waals surface area (Å²) in [7, 11) is 4.95. The van der Waals surface area contributed by atoms with Crippen LogP contribution in [0.5, 0.6) is 17.2 Å². The molecule has 0 spiro atoms. The third-order valence-electron chi connectivity index (χ3n) is 13.0. The highest BCUT2D eigenvalue weighted by atomic mass is 16.5. The highest BCUT2D eigenvalue weighted by Gasteiger charge is 2.22. The number of amides is 1. The summed E-state index contributed by atoms with van der Waals surface area (Å²) in [5, 5.41) is 4.84. The topological polar surface area (TPSA) is 159 Å². The van der Waals surface area contributed by atoms with Gasteiger partial charge < -0.3 is 67.5 Å². The van der Waals surface area contributed by atoms with E-state index in [4.69, 9.17) is 42.6 Å². The molecule has 1 amide bonds. The Balaban J connectivity index is 1.27. The molecular weight excluding hydrogens is 983 g/mol. The zero-order valence-electron chi connectivity index (χ0n) is 46.2. The van der Waals surface area contributed by atoms with Crippen LogP contribution >= 0.6 is 0 Å². The number of aryl methyl sites for hydroxylation is 2. The molecular formula is C60H79N5O12. The molecule has 1 N–H and O–H groups in total. The van der Waals surface area contributed by atoms with Gasteiger partial charge in [-0.2, -0.15) is 0 Å². The monoisotopic (exact) mass is 1060 g/mol. The van der Waals surface area contributed by atoms with Crippen LogP contribution in [-0.2, 0) is 39.6 Å². The number of likely N-dealkylation sites (N-methyl/N-ethyl adjacent to an activating group) is 2. The summed E-state index contributed by atoms with van der Waals surface area (Å²) < 4.78 is 54.1. The molecule has 17 nitrogen and oxygen atoms in total. The quantitative estimate of drug-likeness (QED) is 0.0323. The predicted molar refractivity (Wildman–Crippen MR) is 303 cm³/mol. The second-order valence-electron chi connectivity index (χ2n) is 18.7. The van der Waals surface area contributed by atoms with Gasteiger partial charge in [0.15, 0.2) is 6.29 Å². The van der Waals surface area contributed by atoms with Crippen molar-refractivity contribution in [2.45, 2.75) is 34.1 Å². The number of methoxy groups -OCH3 is 2. The highest BCUT2D eigenvalue weighted by Crippen LogP contribution is 2.35. The first kappa shape index (κ1) is 59.4. The van der Waals surface area contributed by atoms with Crippen molar-refractivity contribution >= 4 is 51.7 Å². The molecule has 0 radical (unpaired) electrons. The third kappa shape index (κ3) is 17.6. The Morgan fingerprint density at radius 2 is 1.39 bits per heavy atom. The molecule has 0 saturated carbocycles. The van der Waals surface area contributed by atoms with E-state index in [1.165, 1.54) is 4.90 Å². The number of rotatable bonds is 21. The van der Waals surface area contributed by atoms with Crippen LogP contribution in [0.3, 0.4) is 0 Å². The second kappa shape index (κ2) is 31.4. The van der Waals surface area contributed by atoms with Crippen molar-refractivity contribution in [3.05, 3.63) is 125 Å². The summed E-state index contributed by atoms with van der Waals surface area (Å²) in [6, 6.07) is 27.8. The molecule has 77 heavy (non-hydrogen) atoms. The lowest BCUT2D eigenvalue weighted by Gasteiger charge is -2.30. The minimum absolute atomic E-state index is 0.00816. The Morgan fingerprint density at radius 1 is 0.740 bits per heavy atom. The van der Waals surface area contributed by atoms with Gasteiger partial charge in [-0.05, 0) is 105 Å². The number of benzene rings is 5. The lowest BCUT2D eigenvalue weighted by Crippen LogP contribution is -2.34. The maximum absolute atomic E-state index is 13.8. The van der Waals surface area contributed by atoms with E-state index in [0.29, 0.717) is 134 Å². The average Bonchev–Trinajstić information content (AvgIpc) is 3.43. The van der Waals surface area contributed by atoms with Crippen LogP contribution in [0.15, 0.2) is 97.1 Å². The van der Waals surface area contributed by atoms with Crippen LogP contribution in [0.4, 0.5) is 22.7 Å². The molecule has 1 heterocycles. The summed E-state index contributed by atoms with van der Waals surface area (Å²) in [5.74, 6) is 1.40. The number of hydrogen-bond acceptors (Lipinski definition) is 16. The van der Waals surface area contributed by atoms with Gasteiger partial charge in [0.25, 0.3) is 5.91 Å². The van der Waals surface area contributed by atoms with E-state index in [-0.39, 0.29) is 24.6 Å². The number of nitrogens with one attached hydrogen (secondary N) is 1. The van der Waals surface area contributed by atoms with Crippen molar-refractivity contribution < 1.29 is 57.0 Å². The fourth-order valence-electron chi connectivity index (χ4n) is 8.81. The number of fused-ring (bicyclic) bond motifs is 3. The Morgan fingerprint density at radius 3 is 2.04 bits per heavy atom. The molecule has 0 aliphatic carbocycles. The number of anilines is 4. The fraction of sp³-hybridized carbons (Fsp3) is 0.450. The minimum Gasteiger partial charge on any atom is -0.490 e. The van der Waals surface area contributed by atoms with Crippen molar-refractivity contribution in [2.75, 3.05) is 167 Å². The van der Waals surface area contributed by atoms with Gasteiger partial charge >= 0.3 is 5.97 Å². The van der Waals surface area contributed by atoms with Gasteiger partial charge in [0.2, 0.25) is 0 Å². The fourth-order valence-corrected chi connectivity index (χ4v) is 8.81. The largest absolute Gasteiger partial charge is 0.490 e. The van der Waals surface area contributed by atoms with Crippen LogP contribution in [-0.4, -0.2) is 170 Å². The molecule has 5 aromatic carbocycles. The van der Waals surface area contributed by atoms with Gasteiger partial charge in [-0.1, -0.05) is 36.9 Å². The SMILES string of the molecule is C=C(C)C(=O)OCCN(C)C(=O)c1cccc2c(NCCc3ccc(N4CCOc5cc(C)ccc5N(CC)CCOCCOCCN(COCCOC)c5ccc(C)cc5OCC4)c(OCCOC)c3)ccc(C=O)c12. The zero-order valence-corrected chi connectivity index (χ0v) is 46.2. The number of nitrogens with zero attached hydrogens (tertiary/aromatic N) is 4. The molecule has 5 aromatic rings. The molecule has 0 unspecified atom stereocenters. The lowest BCUT2D eigenvalue weighted by molar-refractivity contribution is -0.139. The Bertz CT molecular complexity index is 2700. The lowest BCUT2D eigenvalue weighted by atomic mass is 9.97. The smallest absolute Gasteiger partial charge is 0.333 e. The van der Waals surface area contributed by atoms with Gasteiger partial charge in [-0.3, -0.25) is 9.59 Å². The van der Waals surface area contributed by atoms with E-state index in [9.17, 15) is 14.4 Å². The molecule has 6 rings (SSSR count). The summed E-state index contributed by atoms with van der Waals surface area (Å²) in [6.45, 7) is 19.8. The first-order valence-corrected chi connectivity index (χ1v) is 26.5. The van der Waals surface area contributed by atoms with E-state index in [0.717, 1.165) is 69.2 Å². The highest BCUT2D eigenvalue weighted by molar-refractivity contribution is 6.15. The summed E-state index contributed by atoms with van der Waals surface area (Å²) in [5.41, 5.74) is 7.78. The zero-order chi connectivity index (χ0) is 54.9. The molecule has 0 bridgehead atoms. The van der Waals surface area contributed by atoms with Crippen molar-refractivity contribution in [3.8, 4) is 17.2 Å². The maximum Gasteiger partial charge on any atom is 0.333 e. The van der Waals surface area contributed by atoms with Gasteiger partial charge in [-0.15, -0.1) is 0 Å². The van der Waals surface area contributed by atoms with Crippen LogP contribution in [0.2, 0.25) is 0 Å². The van der Waals surface area contributed by atoms with Crippen LogP contribution in [0.25, 0.3) is 10.8 Å². The van der Waals surface area contributed by atoms with E-state index in [2.05, 4.69) is 102 Å². The number of carbonyl (C=O) groups excluding carboxylic acids is 3. The molecule has 1 aliphatic rings. The Hall–Kier alpha value is -6.89. The number of aldehydes is 1. The Kier molecular flexibility index (Phi) is 24.2. The summed E-state index contributed by atoms with van der Waals surface area (Å²) in [6.07, 6.45) is 1.38. The van der Waals surface area contributed by atoms with E-state index in [1.54, 1.807) is 46.4 Å². The average molecular weight is 1060 g/mol. The molecule has 0 saturated heterocycles. The number of carbonyl (C=O) groups is 3. The summed E-state index contributed by atoms with van der Waals surface area (Å²) in [4.78, 5) is 46.3. The van der Waals surface area contributed by atoms with Crippen molar-refractivity contribution in [1.82, 2.24) is 4.90 Å². The molecule has 0 fully saturated rings. The molecule has 0 aromatic heterocycles. The second-order valence-corrected chi connectivity index (χ2v) is 18.7. The van der Waals surface area contributed by atoms with E-state index in [1.807, 2.05) is 12.1 Å². The standard InChI is InChI=1S/C60H79N5O12/c1-9-63-24-28-71-36-37-72-29-25-65(43-73-35-33-69-7)54-19-14-46(5)40-56(54)75-32-27-64(26-31-74-55-39-45(4)13-18-52(55)63)53-20-15-47(41-57(53)76-38-34-70-8)21-22-61-51-17-16-48(42-66)58-49(51)11-10-12-50(58)59(67)62(6)23-30-77-60(68)44(2)3/h10-20,39-42,61H,2,9,21-38,43H2,1,3-8H3. The van der Waals surface area contributed by atoms with Gasteiger partial charge in [0, 0.05) is 80.6 Å². The van der Waals surface area contributed by atoms with Gasteiger partial charge in [0.1, 0.15) is 50.4 Å². The maximum atomic E-state index is 13.8. The van der Waals surface area contributed by atoms with Crippen molar-refractivity contribution in [3.63, 3.8) is 0 Å². The van der Waals surface area contributed by atoms with Crippen molar-refractivity contribution in [1.29, 1.82) is 0 Å². The Labute approximate surface area is 454 Å². The summed E-state index contributed by atoms with van der Waals surface area (Å²) >= 11 is 0. The number of ether oxygens (including phenoxy) is 9. The van der Waals surface area contributed by atoms with Crippen LogP contribution in [0, 0.1) is 13.8 Å². The number of hydrogen-bond donors (Lipinski definition) is 1. The third-order valence-corrected chi connectivity index (χ3v) is 13.0. The minimum atomic E-state index is -0.520. The number of esters is 1. The molecule has 0 atom stereocenters. The molecule has 416 valence electrons. The van der Waals surface area contributed by atoms with Crippen LogP contribution in [0.1, 0.15) is 51.3 Å². The van der Waals surface area contributed by atoms with Gasteiger partial charge in [0.05, 0.1) is 82.9 Å². The van der Waals surface area contributed by atoms with Crippen LogP contribution < -0.4 is 34.2 Å². The van der Waals surface area contributed by atoms with E-state index >= 15 is 0 Å². The predicted octanol–water partition coefficient (Wildman–Crippen LogP) is 8.40.